The third kappa shape index (κ3) is 5.43. The van der Waals surface area contributed by atoms with Gasteiger partial charge in [-0.15, -0.1) is 0 Å². The van der Waals surface area contributed by atoms with Gasteiger partial charge in [0.15, 0.2) is 5.78 Å². The highest BCUT2D eigenvalue weighted by Crippen LogP contribution is 2.30. The molecule has 1 aromatic carbocycles. The molecule has 0 atom stereocenters. The minimum absolute atomic E-state index is 0.0202. The third-order valence-electron chi connectivity index (χ3n) is 6.92. The van der Waals surface area contributed by atoms with Crippen LogP contribution in [0.1, 0.15) is 41.9 Å². The Morgan fingerprint density at radius 1 is 1.14 bits per heavy atom. The van der Waals surface area contributed by atoms with Crippen molar-refractivity contribution < 1.29 is 14.3 Å². The summed E-state index contributed by atoms with van der Waals surface area (Å²) in [5, 5.41) is 6.52. The number of ketones is 1. The van der Waals surface area contributed by atoms with Crippen molar-refractivity contribution in [1.82, 2.24) is 30.0 Å². The number of nitrogens with one attached hydrogen (secondary N) is 2. The van der Waals surface area contributed by atoms with Crippen LogP contribution in [0.4, 0.5) is 0 Å². The number of rotatable bonds is 9. The fourth-order valence-electron chi connectivity index (χ4n) is 4.66. The maximum atomic E-state index is 13.2. The second-order valence-electron chi connectivity index (χ2n) is 9.50. The molecule has 0 bridgehead atoms. The Labute approximate surface area is 202 Å². The van der Waals surface area contributed by atoms with E-state index in [0.717, 1.165) is 31.4 Å². The van der Waals surface area contributed by atoms with E-state index in [4.69, 9.17) is 4.74 Å². The molecule has 2 aromatic heterocycles. The van der Waals surface area contributed by atoms with Crippen LogP contribution in [-0.4, -0.2) is 74.9 Å². The van der Waals surface area contributed by atoms with E-state index >= 15 is 0 Å². The Balaban J connectivity index is 1.18. The topological polar surface area (TPSA) is 124 Å². The van der Waals surface area contributed by atoms with E-state index in [1.165, 1.54) is 6.20 Å². The van der Waals surface area contributed by atoms with Crippen molar-refractivity contribution in [3.63, 3.8) is 0 Å². The molecule has 1 saturated heterocycles. The number of aromatic amines is 2. The van der Waals surface area contributed by atoms with Gasteiger partial charge in [0.05, 0.1) is 26.4 Å². The molecule has 1 saturated carbocycles. The van der Waals surface area contributed by atoms with E-state index < -0.39 is 0 Å². The summed E-state index contributed by atoms with van der Waals surface area (Å²) in [5.74, 6) is 1.84. The molecule has 35 heavy (non-hydrogen) atoms. The van der Waals surface area contributed by atoms with Crippen molar-refractivity contribution in [1.29, 1.82) is 0 Å². The van der Waals surface area contributed by atoms with Gasteiger partial charge < -0.3 is 14.6 Å². The normalized spacial score (nSPS) is 16.9. The van der Waals surface area contributed by atoms with Gasteiger partial charge in [-0.05, 0) is 69.0 Å². The zero-order chi connectivity index (χ0) is 24.4. The summed E-state index contributed by atoms with van der Waals surface area (Å²) in [6.45, 7) is 2.63. The van der Waals surface area contributed by atoms with Crippen LogP contribution >= 0.6 is 0 Å². The van der Waals surface area contributed by atoms with Gasteiger partial charge in [0.25, 0.3) is 5.56 Å². The molecule has 5 rings (SSSR count). The molecule has 1 amide bonds. The number of fused-ring (bicyclic) bond motifs is 1. The summed E-state index contributed by atoms with van der Waals surface area (Å²) in [6.07, 6.45) is 5.21. The summed E-state index contributed by atoms with van der Waals surface area (Å²) >= 11 is 0. The molecule has 3 heterocycles. The molecule has 0 unspecified atom stereocenters. The van der Waals surface area contributed by atoms with Gasteiger partial charge in [-0.3, -0.25) is 24.4 Å². The lowest BCUT2D eigenvalue weighted by atomic mass is 9.89. The Hall–Kier alpha value is -3.53. The minimum Gasteiger partial charge on any atom is -0.497 e. The average Bonchev–Trinajstić information content (AvgIpc) is 3.56. The second kappa shape index (κ2) is 9.99. The van der Waals surface area contributed by atoms with Gasteiger partial charge in [-0.1, -0.05) is 0 Å². The number of piperidine rings is 1. The molecule has 2 aliphatic rings. The Morgan fingerprint density at radius 2 is 1.89 bits per heavy atom. The number of nitrogens with zero attached hydrogens (tertiary/aromatic N) is 4. The van der Waals surface area contributed by atoms with Gasteiger partial charge in [0, 0.05) is 18.0 Å². The van der Waals surface area contributed by atoms with E-state index in [0.29, 0.717) is 54.5 Å². The number of Topliss-reactive ketones (excluding diaryl/α,β-unsaturated/α-hetero) is 1. The first-order valence-corrected chi connectivity index (χ1v) is 12.1. The highest BCUT2D eigenvalue weighted by Gasteiger charge is 2.30. The molecule has 1 aliphatic heterocycles. The number of aromatic nitrogens is 4. The van der Waals surface area contributed by atoms with Gasteiger partial charge in [-0.25, -0.2) is 4.98 Å². The van der Waals surface area contributed by atoms with E-state index in [1.54, 1.807) is 12.0 Å². The Bertz CT molecular complexity index is 1250. The lowest BCUT2D eigenvalue weighted by molar-refractivity contribution is -0.133. The number of amides is 1. The average molecular weight is 479 g/mol. The molecule has 2 fully saturated rings. The molecule has 184 valence electrons. The number of H-pyrrole nitrogens is 2. The van der Waals surface area contributed by atoms with Crippen LogP contribution in [0.5, 0.6) is 5.75 Å². The number of carbonyl (C=O) groups excluding carboxylic acids is 2. The maximum absolute atomic E-state index is 13.2. The molecule has 2 N–H and O–H groups in total. The maximum Gasteiger partial charge on any atom is 0.276 e. The van der Waals surface area contributed by atoms with Gasteiger partial charge in [0.1, 0.15) is 22.6 Å². The van der Waals surface area contributed by atoms with Crippen LogP contribution in [0.3, 0.4) is 0 Å². The van der Waals surface area contributed by atoms with Crippen molar-refractivity contribution in [2.45, 2.75) is 32.2 Å². The fraction of sp³-hybridized carbons (Fsp3) is 0.480. The molecule has 10 heteroatoms. The van der Waals surface area contributed by atoms with Crippen LogP contribution in [0.15, 0.2) is 35.3 Å². The zero-order valence-electron chi connectivity index (χ0n) is 19.8. The number of methoxy groups -OCH3 is 1. The zero-order valence-corrected chi connectivity index (χ0v) is 19.8. The molecule has 0 spiro atoms. The van der Waals surface area contributed by atoms with Crippen LogP contribution in [0.25, 0.3) is 11.0 Å². The van der Waals surface area contributed by atoms with Crippen molar-refractivity contribution in [2.24, 2.45) is 11.8 Å². The Kier molecular flexibility index (Phi) is 6.63. The molecular weight excluding hydrogens is 448 g/mol. The SMILES string of the molecule is COc1ccc(C(=O)C2CCN(CC(=O)N(Cc3nc4cn[nH]c4c(=O)[nH]3)CC3CC3)CC2)cc1. The van der Waals surface area contributed by atoms with Crippen molar-refractivity contribution in [3.05, 3.63) is 52.2 Å². The summed E-state index contributed by atoms with van der Waals surface area (Å²) in [6, 6.07) is 7.24. The highest BCUT2D eigenvalue weighted by atomic mass is 16.5. The Morgan fingerprint density at radius 3 is 2.57 bits per heavy atom. The summed E-state index contributed by atoms with van der Waals surface area (Å²) < 4.78 is 5.17. The third-order valence-corrected chi connectivity index (χ3v) is 6.92. The fourth-order valence-corrected chi connectivity index (χ4v) is 4.66. The molecule has 1 aliphatic carbocycles. The monoisotopic (exact) mass is 478 g/mol. The van der Waals surface area contributed by atoms with E-state index in [-0.39, 0.29) is 29.7 Å². The number of likely N-dealkylation sites (tertiary alicyclic amines) is 1. The van der Waals surface area contributed by atoms with E-state index in [9.17, 15) is 14.4 Å². The summed E-state index contributed by atoms with van der Waals surface area (Å²) in [7, 11) is 1.60. The predicted molar refractivity (Wildman–Crippen MR) is 129 cm³/mol. The van der Waals surface area contributed by atoms with Crippen LogP contribution in [0, 0.1) is 11.8 Å². The van der Waals surface area contributed by atoms with Crippen LogP contribution in [-0.2, 0) is 11.3 Å². The number of carbonyl (C=O) groups is 2. The van der Waals surface area contributed by atoms with Gasteiger partial charge in [-0.2, -0.15) is 5.10 Å². The number of hydrogen-bond donors (Lipinski definition) is 2. The smallest absolute Gasteiger partial charge is 0.276 e. The number of ether oxygens (including phenoxy) is 1. The first-order chi connectivity index (χ1) is 17.0. The van der Waals surface area contributed by atoms with Crippen molar-refractivity contribution in [3.8, 4) is 5.75 Å². The number of benzene rings is 1. The molecule has 0 radical (unpaired) electrons. The van der Waals surface area contributed by atoms with E-state index in [2.05, 4.69) is 25.1 Å². The van der Waals surface area contributed by atoms with Crippen LogP contribution < -0.4 is 10.3 Å². The quantitative estimate of drug-likeness (QED) is 0.451. The van der Waals surface area contributed by atoms with Crippen molar-refractivity contribution >= 4 is 22.7 Å². The van der Waals surface area contributed by atoms with E-state index in [1.807, 2.05) is 24.3 Å². The first kappa shape index (κ1) is 23.2. The largest absolute Gasteiger partial charge is 0.497 e. The molecule has 3 aromatic rings. The summed E-state index contributed by atoms with van der Waals surface area (Å²) in [5.41, 5.74) is 1.24. The molecule has 10 nitrogen and oxygen atoms in total. The standard InChI is InChI=1S/C25H30N6O4/c1-35-19-6-4-17(5-7-19)24(33)18-8-10-30(11-9-18)15-22(32)31(13-16-2-3-16)14-21-27-20-12-26-29-23(20)25(34)28-21/h4-7,12,16,18H,2-3,8-11,13-15H2,1H3,(H,26,29)(H,27,28,34). The summed E-state index contributed by atoms with van der Waals surface area (Å²) in [4.78, 5) is 49.6. The molecular formula is C25H30N6O4. The van der Waals surface area contributed by atoms with Crippen LogP contribution in [0.2, 0.25) is 0 Å². The number of hydrogen-bond acceptors (Lipinski definition) is 7. The lowest BCUT2D eigenvalue weighted by Gasteiger charge is -2.32. The first-order valence-electron chi connectivity index (χ1n) is 12.1. The highest BCUT2D eigenvalue weighted by molar-refractivity contribution is 5.98. The minimum atomic E-state index is -0.287. The second-order valence-corrected chi connectivity index (χ2v) is 9.50. The van der Waals surface area contributed by atoms with Gasteiger partial charge >= 0.3 is 0 Å². The van der Waals surface area contributed by atoms with Gasteiger partial charge in [0.2, 0.25) is 5.91 Å². The predicted octanol–water partition coefficient (Wildman–Crippen LogP) is 1.99. The van der Waals surface area contributed by atoms with Crippen molar-refractivity contribution in [2.75, 3.05) is 33.3 Å². The lowest BCUT2D eigenvalue weighted by Crippen LogP contribution is -2.45.